The molecule has 0 unspecified atom stereocenters. The number of likely N-dealkylation sites (tertiary alicyclic amines) is 1. The summed E-state index contributed by atoms with van der Waals surface area (Å²) in [6.07, 6.45) is 10.2. The summed E-state index contributed by atoms with van der Waals surface area (Å²) in [5, 5.41) is 0. The Morgan fingerprint density at radius 1 is 0.600 bits per heavy atom. The second kappa shape index (κ2) is 8.19. The molecule has 1 aliphatic carbocycles. The fourth-order valence-corrected chi connectivity index (χ4v) is 5.14. The molecule has 0 radical (unpaired) electrons. The topological polar surface area (TPSA) is 3.24 Å². The van der Waals surface area contributed by atoms with Gasteiger partial charge in [0.25, 0.3) is 0 Å². The molecule has 2 aromatic carbocycles. The average molecular weight is 334 g/mol. The number of rotatable bonds is 4. The molecule has 0 bridgehead atoms. The van der Waals surface area contributed by atoms with Crippen molar-refractivity contribution in [3.8, 4) is 0 Å². The highest BCUT2D eigenvalue weighted by Crippen LogP contribution is 2.38. The number of nitrogens with zero attached hydrogens (tertiary/aromatic N) is 1. The van der Waals surface area contributed by atoms with Crippen LogP contribution in [0.1, 0.15) is 62.1 Å². The minimum absolute atomic E-state index is 0.412. The van der Waals surface area contributed by atoms with Crippen molar-refractivity contribution in [1.29, 1.82) is 0 Å². The van der Waals surface area contributed by atoms with Gasteiger partial charge < -0.3 is 0 Å². The number of piperidine rings is 1. The highest BCUT2D eigenvalue weighted by atomic mass is 15.2. The summed E-state index contributed by atoms with van der Waals surface area (Å²) >= 11 is 0. The molecule has 1 saturated carbocycles. The highest BCUT2D eigenvalue weighted by molar-refractivity contribution is 5.31. The summed E-state index contributed by atoms with van der Waals surface area (Å²) in [5.41, 5.74) is 2.87. The Morgan fingerprint density at radius 2 is 1.08 bits per heavy atom. The minimum Gasteiger partial charge on any atom is -0.292 e. The summed E-state index contributed by atoms with van der Waals surface area (Å²) in [5.74, 6) is 1.99. The van der Waals surface area contributed by atoms with Crippen LogP contribution in [0.2, 0.25) is 0 Å². The zero-order valence-corrected chi connectivity index (χ0v) is 15.3. The monoisotopic (exact) mass is 333 g/mol. The lowest BCUT2D eigenvalue weighted by Crippen LogP contribution is -2.39. The molecule has 132 valence electrons. The third kappa shape index (κ3) is 3.98. The predicted molar refractivity (Wildman–Crippen MR) is 106 cm³/mol. The molecule has 2 fully saturated rings. The molecule has 0 amide bonds. The molecule has 2 aromatic rings. The van der Waals surface area contributed by atoms with Crippen molar-refractivity contribution < 1.29 is 0 Å². The van der Waals surface area contributed by atoms with Crippen LogP contribution in [0.3, 0.4) is 0 Å². The molecule has 2 aliphatic rings. The fourth-order valence-electron chi connectivity index (χ4n) is 5.14. The smallest absolute Gasteiger partial charge is 0.0601 e. The molecule has 1 heteroatoms. The molecule has 1 aliphatic heterocycles. The van der Waals surface area contributed by atoms with Crippen molar-refractivity contribution >= 4 is 0 Å². The van der Waals surface area contributed by atoms with Crippen molar-refractivity contribution in [2.24, 2.45) is 11.8 Å². The zero-order chi connectivity index (χ0) is 16.9. The standard InChI is InChI=1S/C24H31N/c1-4-10-20(11-5-1)21-16-18-25(19-17-21)24(22-12-6-2-7-13-22)23-14-8-3-9-15-23/h2-3,6-9,12-15,20-21,24H,1,4-5,10-11,16-19H2. The van der Waals surface area contributed by atoms with Crippen LogP contribution in [0.5, 0.6) is 0 Å². The summed E-state index contributed by atoms with van der Waals surface area (Å²) in [4.78, 5) is 2.73. The first-order chi connectivity index (χ1) is 12.4. The Bertz CT molecular complexity index is 582. The maximum absolute atomic E-state index is 2.73. The first-order valence-corrected chi connectivity index (χ1v) is 10.3. The largest absolute Gasteiger partial charge is 0.292 e. The van der Waals surface area contributed by atoms with Crippen LogP contribution in [0.4, 0.5) is 0 Å². The van der Waals surface area contributed by atoms with Crippen molar-refractivity contribution in [3.05, 3.63) is 71.8 Å². The lowest BCUT2D eigenvalue weighted by Gasteiger charge is -2.41. The van der Waals surface area contributed by atoms with Gasteiger partial charge in [-0.25, -0.2) is 0 Å². The van der Waals surface area contributed by atoms with E-state index in [4.69, 9.17) is 0 Å². The van der Waals surface area contributed by atoms with Gasteiger partial charge in [0.2, 0.25) is 0 Å². The van der Waals surface area contributed by atoms with E-state index in [1.165, 1.54) is 69.2 Å². The van der Waals surface area contributed by atoms with Gasteiger partial charge in [-0.3, -0.25) is 4.90 Å². The molecule has 1 saturated heterocycles. The normalized spacial score (nSPS) is 20.8. The Balaban J connectivity index is 1.49. The predicted octanol–water partition coefficient (Wildman–Crippen LogP) is 6.07. The molecular weight excluding hydrogens is 302 g/mol. The van der Waals surface area contributed by atoms with E-state index < -0.39 is 0 Å². The highest BCUT2D eigenvalue weighted by Gasteiger charge is 2.31. The average Bonchev–Trinajstić information content (AvgIpc) is 2.71. The molecule has 25 heavy (non-hydrogen) atoms. The van der Waals surface area contributed by atoms with Crippen LogP contribution in [-0.4, -0.2) is 18.0 Å². The van der Waals surface area contributed by atoms with Gasteiger partial charge >= 0.3 is 0 Å². The Kier molecular flexibility index (Phi) is 5.52. The maximum atomic E-state index is 2.73. The summed E-state index contributed by atoms with van der Waals surface area (Å²) in [7, 11) is 0. The SMILES string of the molecule is c1ccc(C(c2ccccc2)N2CCC(C3CCCCC3)CC2)cc1. The number of hydrogen-bond acceptors (Lipinski definition) is 1. The van der Waals surface area contributed by atoms with Crippen LogP contribution in [0.15, 0.2) is 60.7 Å². The van der Waals surface area contributed by atoms with Crippen molar-refractivity contribution in [2.45, 2.75) is 51.0 Å². The van der Waals surface area contributed by atoms with Crippen LogP contribution >= 0.6 is 0 Å². The molecule has 1 nitrogen and oxygen atoms in total. The van der Waals surface area contributed by atoms with Crippen LogP contribution in [0.25, 0.3) is 0 Å². The van der Waals surface area contributed by atoms with E-state index in [1.807, 2.05) is 0 Å². The minimum atomic E-state index is 0.412. The van der Waals surface area contributed by atoms with E-state index in [9.17, 15) is 0 Å². The third-order valence-corrected chi connectivity index (χ3v) is 6.49. The third-order valence-electron chi connectivity index (χ3n) is 6.49. The Hall–Kier alpha value is -1.60. The Morgan fingerprint density at radius 3 is 1.60 bits per heavy atom. The van der Waals surface area contributed by atoms with E-state index in [0.29, 0.717) is 6.04 Å². The van der Waals surface area contributed by atoms with Crippen LogP contribution < -0.4 is 0 Å². The molecule has 0 spiro atoms. The molecular formula is C24H31N. The van der Waals surface area contributed by atoms with Gasteiger partial charge in [-0.05, 0) is 48.9 Å². The van der Waals surface area contributed by atoms with Gasteiger partial charge in [0.05, 0.1) is 6.04 Å². The number of hydrogen-bond donors (Lipinski definition) is 0. The zero-order valence-electron chi connectivity index (χ0n) is 15.3. The fraction of sp³-hybridized carbons (Fsp3) is 0.500. The quantitative estimate of drug-likeness (QED) is 0.656. The molecule has 0 atom stereocenters. The molecule has 0 aromatic heterocycles. The van der Waals surface area contributed by atoms with E-state index >= 15 is 0 Å². The summed E-state index contributed by atoms with van der Waals surface area (Å²) in [6.45, 7) is 2.49. The number of benzene rings is 2. The van der Waals surface area contributed by atoms with Gasteiger partial charge in [-0.1, -0.05) is 92.8 Å². The molecule has 1 heterocycles. The van der Waals surface area contributed by atoms with Crippen LogP contribution in [-0.2, 0) is 0 Å². The van der Waals surface area contributed by atoms with E-state index in [2.05, 4.69) is 65.6 Å². The van der Waals surface area contributed by atoms with E-state index in [1.54, 1.807) is 0 Å². The lowest BCUT2D eigenvalue weighted by atomic mass is 9.75. The second-order valence-electron chi connectivity index (χ2n) is 8.00. The maximum Gasteiger partial charge on any atom is 0.0601 e. The lowest BCUT2D eigenvalue weighted by molar-refractivity contribution is 0.107. The van der Waals surface area contributed by atoms with Gasteiger partial charge in [-0.2, -0.15) is 0 Å². The van der Waals surface area contributed by atoms with Crippen LogP contribution in [0, 0.1) is 11.8 Å². The first-order valence-electron chi connectivity index (χ1n) is 10.3. The second-order valence-corrected chi connectivity index (χ2v) is 8.00. The molecule has 0 N–H and O–H groups in total. The van der Waals surface area contributed by atoms with E-state index in [-0.39, 0.29) is 0 Å². The summed E-state index contributed by atoms with van der Waals surface area (Å²) < 4.78 is 0. The van der Waals surface area contributed by atoms with Gasteiger partial charge in [0, 0.05) is 0 Å². The van der Waals surface area contributed by atoms with Gasteiger partial charge in [-0.15, -0.1) is 0 Å². The Labute approximate surface area is 153 Å². The van der Waals surface area contributed by atoms with Crippen molar-refractivity contribution in [1.82, 2.24) is 4.90 Å². The van der Waals surface area contributed by atoms with Gasteiger partial charge in [0.15, 0.2) is 0 Å². The molecule has 4 rings (SSSR count). The van der Waals surface area contributed by atoms with E-state index in [0.717, 1.165) is 11.8 Å². The first kappa shape index (κ1) is 16.8. The summed E-state index contributed by atoms with van der Waals surface area (Å²) in [6, 6.07) is 22.6. The van der Waals surface area contributed by atoms with Crippen molar-refractivity contribution in [2.75, 3.05) is 13.1 Å². The van der Waals surface area contributed by atoms with Crippen molar-refractivity contribution in [3.63, 3.8) is 0 Å². The van der Waals surface area contributed by atoms with Gasteiger partial charge in [0.1, 0.15) is 0 Å².